The van der Waals surface area contributed by atoms with Crippen molar-refractivity contribution in [3.8, 4) is 0 Å². The second-order valence-electron chi connectivity index (χ2n) is 16.2. The molecule has 37 heavy (non-hydrogen) atoms. The smallest absolute Gasteiger partial charge is 0.199 e. The third-order valence-corrected chi connectivity index (χ3v) is 14.6. The minimum absolute atomic E-state index is 0.00310. The first kappa shape index (κ1) is 25.7. The first-order valence-electron chi connectivity index (χ1n) is 15.0. The van der Waals surface area contributed by atoms with Crippen LogP contribution >= 0.6 is 0 Å². The highest BCUT2D eigenvalue weighted by Crippen LogP contribution is 2.90. The summed E-state index contributed by atoms with van der Waals surface area (Å²) in [6.45, 7) is 15.5. The number of methoxy groups -OCH3 is 1. The molecule has 2 aliphatic heterocycles. The minimum atomic E-state index is -1.06. The van der Waals surface area contributed by atoms with Crippen molar-refractivity contribution in [3.05, 3.63) is 0 Å². The lowest BCUT2D eigenvalue weighted by molar-refractivity contribution is -0.284. The van der Waals surface area contributed by atoms with Gasteiger partial charge in [0.15, 0.2) is 5.79 Å². The molecule has 6 heteroatoms. The van der Waals surface area contributed by atoms with Gasteiger partial charge in [-0.05, 0) is 98.2 Å². The molecule has 5 saturated carbocycles. The maximum atomic E-state index is 12.6. The van der Waals surface area contributed by atoms with E-state index in [0.717, 1.165) is 38.5 Å². The van der Waals surface area contributed by atoms with Crippen molar-refractivity contribution in [2.45, 2.75) is 135 Å². The van der Waals surface area contributed by atoms with Crippen LogP contribution in [0.5, 0.6) is 0 Å². The predicted octanol–water partition coefficient (Wildman–Crippen LogP) is 4.28. The molecule has 0 amide bonds. The first-order chi connectivity index (χ1) is 17.1. The maximum absolute atomic E-state index is 12.6. The van der Waals surface area contributed by atoms with E-state index in [1.165, 1.54) is 0 Å². The second-order valence-corrected chi connectivity index (χ2v) is 16.2. The SMILES string of the molecule is COC(C)(C)[C@H]1O[C@@]23O[C@@H]1C[C@@H](C)[C@@H]2[C@@]1(C)CC[C@@]24C[C@@]25CC[C@H](O)C(C)(C)C5C[C@H](O)[C@H]4[C@]1(C)[C@H]3O. The van der Waals surface area contributed by atoms with E-state index in [9.17, 15) is 15.3 Å². The van der Waals surface area contributed by atoms with E-state index in [1.54, 1.807) is 7.11 Å². The Hall–Kier alpha value is -0.240. The van der Waals surface area contributed by atoms with Crippen molar-refractivity contribution in [1.82, 2.24) is 0 Å². The van der Waals surface area contributed by atoms with Crippen molar-refractivity contribution < 1.29 is 29.5 Å². The van der Waals surface area contributed by atoms with Crippen LogP contribution in [0.25, 0.3) is 0 Å². The molecule has 6 nitrogen and oxygen atoms in total. The van der Waals surface area contributed by atoms with E-state index < -0.39 is 29.0 Å². The number of hydrogen-bond donors (Lipinski definition) is 3. The van der Waals surface area contributed by atoms with Crippen LogP contribution in [0.1, 0.15) is 93.4 Å². The molecule has 1 unspecified atom stereocenters. The Labute approximate surface area is 222 Å². The van der Waals surface area contributed by atoms with E-state index in [0.29, 0.717) is 18.3 Å². The summed E-state index contributed by atoms with van der Waals surface area (Å²) < 4.78 is 19.7. The Kier molecular flexibility index (Phi) is 4.84. The van der Waals surface area contributed by atoms with Crippen LogP contribution < -0.4 is 0 Å². The molecule has 3 spiro atoms. The van der Waals surface area contributed by atoms with Crippen molar-refractivity contribution in [2.75, 3.05) is 7.11 Å². The lowest BCUT2D eigenvalue weighted by atomic mass is 9.40. The molecule has 0 radical (unpaired) electrons. The molecule has 0 aromatic carbocycles. The van der Waals surface area contributed by atoms with Crippen molar-refractivity contribution in [1.29, 1.82) is 0 Å². The Bertz CT molecular complexity index is 1010. The van der Waals surface area contributed by atoms with Gasteiger partial charge in [0, 0.05) is 18.4 Å². The first-order valence-corrected chi connectivity index (χ1v) is 15.0. The molecular weight excluding hydrogens is 468 g/mol. The molecule has 0 aromatic heterocycles. The van der Waals surface area contributed by atoms with Gasteiger partial charge in [-0.1, -0.05) is 34.6 Å². The van der Waals surface area contributed by atoms with Gasteiger partial charge in [-0.2, -0.15) is 0 Å². The Morgan fingerprint density at radius 3 is 2.27 bits per heavy atom. The zero-order chi connectivity index (χ0) is 26.8. The highest BCUT2D eigenvalue weighted by atomic mass is 16.8. The summed E-state index contributed by atoms with van der Waals surface area (Å²) in [5.41, 5.74) is -1.26. The zero-order valence-corrected chi connectivity index (χ0v) is 24.2. The Balaban J connectivity index is 1.34. The van der Waals surface area contributed by atoms with Gasteiger partial charge in [0.05, 0.1) is 23.9 Å². The van der Waals surface area contributed by atoms with Crippen molar-refractivity contribution in [2.24, 2.45) is 50.7 Å². The second kappa shape index (κ2) is 6.97. The van der Waals surface area contributed by atoms with Gasteiger partial charge in [0.2, 0.25) is 0 Å². The number of aliphatic hydroxyl groups is 3. The Morgan fingerprint density at radius 1 is 0.892 bits per heavy atom. The lowest BCUT2D eigenvalue weighted by Crippen LogP contribution is -2.64. The molecule has 210 valence electrons. The summed E-state index contributed by atoms with van der Waals surface area (Å²) in [6, 6.07) is 0. The molecule has 7 rings (SSSR count). The Morgan fingerprint density at radius 2 is 1.59 bits per heavy atom. The number of aliphatic hydroxyl groups excluding tert-OH is 3. The fraction of sp³-hybridized carbons (Fsp3) is 1.00. The summed E-state index contributed by atoms with van der Waals surface area (Å²) in [5, 5.41) is 35.6. The van der Waals surface area contributed by atoms with E-state index in [1.807, 2.05) is 0 Å². The van der Waals surface area contributed by atoms with Gasteiger partial charge in [0.1, 0.15) is 12.2 Å². The van der Waals surface area contributed by atoms with E-state index >= 15 is 0 Å². The predicted molar refractivity (Wildman–Crippen MR) is 138 cm³/mol. The van der Waals surface area contributed by atoms with Gasteiger partial charge in [0.25, 0.3) is 0 Å². The number of fused-ring (bicyclic) bond motifs is 4. The van der Waals surface area contributed by atoms with E-state index in [4.69, 9.17) is 14.2 Å². The van der Waals surface area contributed by atoms with Crippen LogP contribution in [0, 0.1) is 50.7 Å². The monoisotopic (exact) mass is 518 g/mol. The molecule has 2 heterocycles. The van der Waals surface area contributed by atoms with E-state index in [2.05, 4.69) is 48.5 Å². The van der Waals surface area contributed by atoms with Crippen molar-refractivity contribution in [3.63, 3.8) is 0 Å². The average molecular weight is 519 g/mol. The third-order valence-electron chi connectivity index (χ3n) is 14.6. The van der Waals surface area contributed by atoms with Crippen LogP contribution in [0.15, 0.2) is 0 Å². The number of rotatable bonds is 2. The standard InChI is InChI=1S/C31H50O6/c1-16-13-18-23(26(4,5)35-8)37-31(36-18)21(16)27(6)11-12-30-15-29(30)10-9-20(33)25(2,3)19(29)14-17(32)22(30)28(27,7)24(31)34/h16-24,32-34H,9-15H2,1-8H3/t16-,17+,18-,19?,20+,21-,22+,23+,24-,27-,28-,29-,30+,31+/m1/s1. The molecule has 0 aromatic rings. The van der Waals surface area contributed by atoms with Crippen LogP contribution in [-0.2, 0) is 14.2 Å². The molecule has 3 N–H and O–H groups in total. The fourth-order valence-electron chi connectivity index (χ4n) is 12.8. The molecule has 2 bridgehead atoms. The van der Waals surface area contributed by atoms with E-state index in [-0.39, 0.29) is 51.8 Å². The van der Waals surface area contributed by atoms with Gasteiger partial charge >= 0.3 is 0 Å². The van der Waals surface area contributed by atoms with Gasteiger partial charge < -0.3 is 29.5 Å². The number of ether oxygens (including phenoxy) is 3. The van der Waals surface area contributed by atoms with Crippen molar-refractivity contribution >= 4 is 0 Å². The van der Waals surface area contributed by atoms with Crippen LogP contribution in [-0.4, -0.2) is 64.3 Å². The normalized spacial score (nSPS) is 63.2. The molecule has 5 aliphatic carbocycles. The fourth-order valence-corrected chi connectivity index (χ4v) is 12.8. The van der Waals surface area contributed by atoms with Crippen LogP contribution in [0.3, 0.4) is 0 Å². The summed E-state index contributed by atoms with van der Waals surface area (Å²) >= 11 is 0. The maximum Gasteiger partial charge on any atom is 0.199 e. The van der Waals surface area contributed by atoms with Gasteiger partial charge in [-0.3, -0.25) is 0 Å². The highest BCUT2D eigenvalue weighted by Gasteiger charge is 2.89. The molecule has 7 fully saturated rings. The largest absolute Gasteiger partial charge is 0.393 e. The topological polar surface area (TPSA) is 88.4 Å². The summed E-state index contributed by atoms with van der Waals surface area (Å²) in [5.74, 6) is -0.328. The van der Waals surface area contributed by atoms with Crippen LogP contribution in [0.2, 0.25) is 0 Å². The third kappa shape index (κ3) is 2.50. The van der Waals surface area contributed by atoms with Gasteiger partial charge in [-0.25, -0.2) is 0 Å². The summed E-state index contributed by atoms with van der Waals surface area (Å²) in [7, 11) is 1.73. The average Bonchev–Trinajstić information content (AvgIpc) is 3.32. The lowest BCUT2D eigenvalue weighted by Gasteiger charge is -2.64. The zero-order valence-electron chi connectivity index (χ0n) is 24.2. The summed E-state index contributed by atoms with van der Waals surface area (Å²) in [6.07, 6.45) is 4.76. The molecular formula is C31H50O6. The highest BCUT2D eigenvalue weighted by molar-refractivity contribution is 5.35. The van der Waals surface area contributed by atoms with Crippen LogP contribution in [0.4, 0.5) is 0 Å². The summed E-state index contributed by atoms with van der Waals surface area (Å²) in [4.78, 5) is 0. The minimum Gasteiger partial charge on any atom is -0.393 e. The van der Waals surface area contributed by atoms with Gasteiger partial charge in [-0.15, -0.1) is 0 Å². The molecule has 2 saturated heterocycles. The quantitative estimate of drug-likeness (QED) is 0.506. The molecule has 7 aliphatic rings. The molecule has 14 atom stereocenters. The number of hydrogen-bond acceptors (Lipinski definition) is 6.